The molecule has 0 radical (unpaired) electrons. The molecule has 37 heavy (non-hydrogen) atoms. The van der Waals surface area contributed by atoms with Crippen LogP contribution in [0.4, 0.5) is 5.69 Å². The van der Waals surface area contributed by atoms with Crippen molar-refractivity contribution >= 4 is 46.6 Å². The van der Waals surface area contributed by atoms with Gasteiger partial charge in [0.05, 0.1) is 11.8 Å². The van der Waals surface area contributed by atoms with Crippen LogP contribution in [-0.4, -0.2) is 28.7 Å². The third-order valence-corrected chi connectivity index (χ3v) is 9.49. The third-order valence-electron chi connectivity index (χ3n) is 8.20. The van der Waals surface area contributed by atoms with Crippen molar-refractivity contribution in [3.8, 4) is 0 Å². The third kappa shape index (κ3) is 3.01. The minimum absolute atomic E-state index is 0.336. The normalized spacial score (nSPS) is 28.1. The molecule has 3 aliphatic carbocycles. The zero-order chi connectivity index (χ0) is 26.3. The van der Waals surface area contributed by atoms with Gasteiger partial charge in [-0.25, -0.2) is 0 Å². The zero-order valence-corrected chi connectivity index (χ0v) is 22.2. The van der Waals surface area contributed by atoms with Crippen LogP contribution in [0.25, 0.3) is 0 Å². The van der Waals surface area contributed by atoms with E-state index in [1.807, 2.05) is 87.5 Å². The van der Waals surface area contributed by atoms with E-state index in [0.717, 1.165) is 32.7 Å². The van der Waals surface area contributed by atoms with E-state index in [1.165, 1.54) is 0 Å². The first-order valence-corrected chi connectivity index (χ1v) is 13.2. The summed E-state index contributed by atoms with van der Waals surface area (Å²) in [5, 5.41) is 2.93. The van der Waals surface area contributed by atoms with Crippen molar-refractivity contribution in [1.29, 1.82) is 0 Å². The lowest BCUT2D eigenvalue weighted by Gasteiger charge is -2.54. The first-order valence-electron chi connectivity index (χ1n) is 12.4. The number of benzene rings is 3. The van der Waals surface area contributed by atoms with Gasteiger partial charge in [-0.1, -0.05) is 80.6 Å². The monoisotopic (exact) mass is 532 g/mol. The molecule has 1 fully saturated rings. The molecule has 0 spiro atoms. The highest BCUT2D eigenvalue weighted by atomic mass is 35.5. The van der Waals surface area contributed by atoms with Crippen molar-refractivity contribution in [3.63, 3.8) is 0 Å². The lowest BCUT2D eigenvalue weighted by molar-refractivity contribution is -0.148. The topological polar surface area (TPSA) is 66.5 Å². The summed E-state index contributed by atoms with van der Waals surface area (Å²) in [6, 6.07) is 21.4. The van der Waals surface area contributed by atoms with Crippen molar-refractivity contribution in [3.05, 3.63) is 101 Å². The second-order valence-electron chi connectivity index (χ2n) is 10.5. The second-order valence-corrected chi connectivity index (χ2v) is 11.7. The second kappa shape index (κ2) is 8.17. The molecule has 0 aromatic heterocycles. The summed E-state index contributed by atoms with van der Waals surface area (Å²) in [5.74, 6) is -3.54. The number of imide groups is 1. The summed E-state index contributed by atoms with van der Waals surface area (Å²) >= 11 is 15.0. The van der Waals surface area contributed by atoms with Crippen LogP contribution in [-0.2, 0) is 24.1 Å². The molecule has 3 aromatic carbocycles. The van der Waals surface area contributed by atoms with Gasteiger partial charge >= 0.3 is 0 Å². The van der Waals surface area contributed by atoms with E-state index in [4.69, 9.17) is 23.2 Å². The molecule has 5 nitrogen and oxygen atoms in total. The molecule has 1 N–H and O–H groups in total. The van der Waals surface area contributed by atoms with Gasteiger partial charge in [0.25, 0.3) is 0 Å². The largest absolute Gasteiger partial charge is 0.324 e. The van der Waals surface area contributed by atoms with E-state index in [1.54, 1.807) is 6.07 Å². The Morgan fingerprint density at radius 1 is 0.784 bits per heavy atom. The smallest absolute Gasteiger partial charge is 0.247 e. The fraction of sp³-hybridized carbons (Fsp3) is 0.300. The summed E-state index contributed by atoms with van der Waals surface area (Å²) in [5.41, 5.74) is 4.46. The summed E-state index contributed by atoms with van der Waals surface area (Å²) in [6.07, 6.45) is 0. The number of hydrogen-bond acceptors (Lipinski definition) is 3. The minimum Gasteiger partial charge on any atom is -0.324 e. The zero-order valence-electron chi connectivity index (χ0n) is 20.7. The minimum atomic E-state index is -1.27. The Morgan fingerprint density at radius 3 is 1.59 bits per heavy atom. The molecule has 1 aliphatic heterocycles. The van der Waals surface area contributed by atoms with Gasteiger partial charge in [0.2, 0.25) is 17.7 Å². The first-order chi connectivity index (χ1) is 17.6. The fourth-order valence-corrected chi connectivity index (χ4v) is 7.70. The molecule has 4 aliphatic rings. The van der Waals surface area contributed by atoms with Crippen molar-refractivity contribution in [2.45, 2.75) is 36.6 Å². The number of carbonyl (C=O) groups excluding carboxylic acids is 3. The lowest BCUT2D eigenvalue weighted by Crippen LogP contribution is -2.57. The quantitative estimate of drug-likeness (QED) is 0.353. The maximum atomic E-state index is 14.3. The predicted molar refractivity (Wildman–Crippen MR) is 143 cm³/mol. The molecule has 2 bridgehead atoms. The molecule has 3 aromatic rings. The van der Waals surface area contributed by atoms with Crippen molar-refractivity contribution in [2.75, 3.05) is 5.32 Å². The molecule has 0 unspecified atom stereocenters. The number of nitrogens with zero attached hydrogens (tertiary/aromatic N) is 1. The SMILES string of the molecule is Cc1ccccc1NC(=O)[C@H](C(C)C)N1C(=O)[C@@H]2[C@H](C1=O)C1(Cl)c3ccccc3C2(Cl)c2ccccc21. The van der Waals surface area contributed by atoms with Gasteiger partial charge in [0.15, 0.2) is 0 Å². The van der Waals surface area contributed by atoms with Gasteiger partial charge in [-0.05, 0) is 46.7 Å². The maximum absolute atomic E-state index is 14.3. The van der Waals surface area contributed by atoms with E-state index in [-0.39, 0.29) is 5.92 Å². The van der Waals surface area contributed by atoms with Crippen LogP contribution in [0.2, 0.25) is 0 Å². The summed E-state index contributed by atoms with van der Waals surface area (Å²) in [7, 11) is 0. The van der Waals surface area contributed by atoms with Crippen molar-refractivity contribution < 1.29 is 14.4 Å². The Labute approximate surface area is 225 Å². The number of nitrogens with one attached hydrogen (secondary N) is 1. The van der Waals surface area contributed by atoms with Crippen LogP contribution in [0.5, 0.6) is 0 Å². The number of alkyl halides is 2. The van der Waals surface area contributed by atoms with Crippen LogP contribution in [0.1, 0.15) is 41.7 Å². The number of amides is 3. The standard InChI is InChI=1S/C30H26Cl2N2O3/c1-16(2)25(26(35)33-22-15-9-4-10-17(22)3)34-27(36)23-24(28(34)37)30(32)19-12-6-5-11-18(19)29(23,31)20-13-7-8-14-21(20)30/h4-16,23-25H,1-3H3,(H,33,35)/t23-,24+,25-,29?,30?/m0/s1. The van der Waals surface area contributed by atoms with Crippen LogP contribution in [0.3, 0.4) is 0 Å². The number of hydrogen-bond donors (Lipinski definition) is 1. The highest BCUT2D eigenvalue weighted by Gasteiger charge is 2.73. The molecule has 0 saturated carbocycles. The fourth-order valence-electron chi connectivity index (χ4n) is 6.60. The van der Waals surface area contributed by atoms with Crippen LogP contribution in [0.15, 0.2) is 72.8 Å². The van der Waals surface area contributed by atoms with Crippen LogP contribution >= 0.6 is 23.2 Å². The molecule has 3 atom stereocenters. The molecular formula is C30H26Cl2N2O3. The van der Waals surface area contributed by atoms with E-state index in [9.17, 15) is 14.4 Å². The van der Waals surface area contributed by atoms with Gasteiger partial charge in [-0.3, -0.25) is 19.3 Å². The number of para-hydroxylation sites is 1. The summed E-state index contributed by atoms with van der Waals surface area (Å²) in [6.45, 7) is 5.55. The van der Waals surface area contributed by atoms with Crippen molar-refractivity contribution in [2.24, 2.45) is 17.8 Å². The number of aryl methyl sites for hydroxylation is 1. The molecule has 3 amide bonds. The maximum Gasteiger partial charge on any atom is 0.247 e. The Balaban J connectivity index is 1.50. The highest BCUT2D eigenvalue weighted by molar-refractivity contribution is 6.36. The Kier molecular flexibility index (Phi) is 5.35. The molecule has 1 heterocycles. The van der Waals surface area contributed by atoms with E-state index in [0.29, 0.717) is 5.69 Å². The lowest BCUT2D eigenvalue weighted by atomic mass is 9.54. The average Bonchev–Trinajstić information content (AvgIpc) is 3.15. The Bertz CT molecular complexity index is 1360. The van der Waals surface area contributed by atoms with Crippen LogP contribution < -0.4 is 5.32 Å². The highest BCUT2D eigenvalue weighted by Crippen LogP contribution is 2.69. The predicted octanol–water partition coefficient (Wildman–Crippen LogP) is 5.55. The number of carbonyl (C=O) groups is 3. The molecule has 1 saturated heterocycles. The van der Waals surface area contributed by atoms with Gasteiger partial charge in [-0.2, -0.15) is 0 Å². The van der Waals surface area contributed by atoms with Gasteiger partial charge in [0.1, 0.15) is 15.8 Å². The molecule has 7 rings (SSSR count). The van der Waals surface area contributed by atoms with Gasteiger partial charge < -0.3 is 5.32 Å². The Morgan fingerprint density at radius 2 is 1.19 bits per heavy atom. The molecule has 188 valence electrons. The number of rotatable bonds is 4. The van der Waals surface area contributed by atoms with Crippen LogP contribution in [0, 0.1) is 24.7 Å². The van der Waals surface area contributed by atoms with Crippen molar-refractivity contribution in [1.82, 2.24) is 4.90 Å². The summed E-state index contributed by atoms with van der Waals surface area (Å²) in [4.78, 5) is 40.8. The Hall–Kier alpha value is -3.15. The van der Waals surface area contributed by atoms with E-state index < -0.39 is 45.3 Å². The van der Waals surface area contributed by atoms with Gasteiger partial charge in [-0.15, -0.1) is 23.2 Å². The number of anilines is 1. The molecule has 7 heteroatoms. The number of halogens is 2. The summed E-state index contributed by atoms with van der Waals surface area (Å²) < 4.78 is 0. The first kappa shape index (κ1) is 24.2. The number of likely N-dealkylation sites (tertiary alicyclic amines) is 1. The van der Waals surface area contributed by atoms with Gasteiger partial charge in [0, 0.05) is 5.69 Å². The van der Waals surface area contributed by atoms with E-state index >= 15 is 0 Å². The average molecular weight is 533 g/mol. The van der Waals surface area contributed by atoms with E-state index in [2.05, 4.69) is 5.32 Å². The molecular weight excluding hydrogens is 507 g/mol.